The summed E-state index contributed by atoms with van der Waals surface area (Å²) >= 11 is 1.49. The normalized spacial score (nSPS) is 17.5. The van der Waals surface area contributed by atoms with E-state index in [1.165, 1.54) is 17.4 Å². The molecule has 0 radical (unpaired) electrons. The Kier molecular flexibility index (Phi) is 5.29. The molecule has 1 saturated heterocycles. The molecule has 1 atom stereocenters. The molecule has 0 bridgehead atoms. The highest BCUT2D eigenvalue weighted by atomic mass is 32.2. The molecule has 4 aromatic rings. The fourth-order valence-corrected chi connectivity index (χ4v) is 6.51. The lowest BCUT2D eigenvalue weighted by Gasteiger charge is -2.12. The number of carbonyl (C=O) groups is 1. The Bertz CT molecular complexity index is 1490. The number of benzene rings is 1. The molecule has 1 aliphatic rings. The van der Waals surface area contributed by atoms with Crippen LogP contribution in [-0.2, 0) is 9.84 Å². The van der Waals surface area contributed by atoms with Gasteiger partial charge in [-0.05, 0) is 55.5 Å². The van der Waals surface area contributed by atoms with Crippen molar-refractivity contribution in [1.82, 2.24) is 14.8 Å². The van der Waals surface area contributed by atoms with Crippen LogP contribution in [0, 0.1) is 19.7 Å². The van der Waals surface area contributed by atoms with Gasteiger partial charge < -0.3 is 5.32 Å². The number of aromatic nitrogens is 3. The summed E-state index contributed by atoms with van der Waals surface area (Å²) in [7, 11) is -3.13. The second kappa shape index (κ2) is 8.03. The van der Waals surface area contributed by atoms with E-state index in [1.807, 2.05) is 17.5 Å². The minimum atomic E-state index is -3.13. The first kappa shape index (κ1) is 21.7. The van der Waals surface area contributed by atoms with Crippen molar-refractivity contribution in [3.8, 4) is 10.6 Å². The van der Waals surface area contributed by atoms with Crippen molar-refractivity contribution in [3.05, 3.63) is 64.4 Å². The van der Waals surface area contributed by atoms with Crippen LogP contribution in [0.2, 0.25) is 0 Å². The Hall–Kier alpha value is -3.11. The van der Waals surface area contributed by atoms with Crippen LogP contribution in [0.5, 0.6) is 0 Å². The highest BCUT2D eigenvalue weighted by Crippen LogP contribution is 2.33. The average molecular weight is 485 g/mol. The van der Waals surface area contributed by atoms with Crippen molar-refractivity contribution in [2.75, 3.05) is 16.8 Å². The number of anilines is 1. The molecule has 0 aliphatic carbocycles. The van der Waals surface area contributed by atoms with E-state index in [0.29, 0.717) is 45.7 Å². The van der Waals surface area contributed by atoms with Gasteiger partial charge in [0.25, 0.3) is 5.91 Å². The molecule has 1 amide bonds. The van der Waals surface area contributed by atoms with Gasteiger partial charge in [0.1, 0.15) is 5.82 Å². The zero-order valence-corrected chi connectivity index (χ0v) is 19.6. The number of fused-ring (bicyclic) bond motifs is 1. The number of aryl methyl sites for hydroxylation is 2. The summed E-state index contributed by atoms with van der Waals surface area (Å²) in [6, 6.07) is 9.71. The van der Waals surface area contributed by atoms with Crippen molar-refractivity contribution < 1.29 is 17.6 Å². The van der Waals surface area contributed by atoms with Gasteiger partial charge in [-0.15, -0.1) is 11.3 Å². The second-order valence-electron chi connectivity index (χ2n) is 8.24. The number of nitrogens with zero attached hydrogens (tertiary/aromatic N) is 3. The molecular weight excluding hydrogens is 463 g/mol. The van der Waals surface area contributed by atoms with E-state index in [4.69, 9.17) is 4.98 Å². The van der Waals surface area contributed by atoms with E-state index >= 15 is 0 Å². The maximum Gasteiger partial charge on any atom is 0.256 e. The van der Waals surface area contributed by atoms with Gasteiger partial charge in [0.05, 0.1) is 44.8 Å². The van der Waals surface area contributed by atoms with Crippen LogP contribution in [-0.4, -0.2) is 40.6 Å². The molecule has 1 fully saturated rings. The summed E-state index contributed by atoms with van der Waals surface area (Å²) in [5.74, 6) is -0.712. The molecule has 0 spiro atoms. The third-order valence-corrected chi connectivity index (χ3v) is 8.48. The highest BCUT2D eigenvalue weighted by Gasteiger charge is 2.32. The van der Waals surface area contributed by atoms with Crippen LogP contribution < -0.4 is 5.32 Å². The van der Waals surface area contributed by atoms with Crippen molar-refractivity contribution >= 4 is 43.8 Å². The fraction of sp³-hybridized carbons (Fsp3) is 0.261. The zero-order valence-electron chi connectivity index (χ0n) is 18.0. The van der Waals surface area contributed by atoms with Gasteiger partial charge in [-0.25, -0.2) is 22.5 Å². The molecule has 1 aromatic carbocycles. The molecule has 4 heterocycles. The number of rotatable bonds is 4. The number of amides is 1. The Balaban J connectivity index is 1.65. The third kappa shape index (κ3) is 4.04. The molecular formula is C23H21FN4O3S2. The fourth-order valence-electron chi connectivity index (χ4n) is 4.13. The standard InChI is InChI=1S/C23H21FN4O3S2/c1-13-5-6-15(10-18(13)24)25-23(29)17-11-19(20-4-3-8-32-20)26-22-21(17)14(2)27-28(22)16-7-9-33(30,31)12-16/h3-6,8,10-11,16H,7,9,12H2,1-2H3,(H,25,29). The molecule has 170 valence electrons. The Morgan fingerprint density at radius 2 is 2.06 bits per heavy atom. The molecule has 10 heteroatoms. The maximum absolute atomic E-state index is 14.0. The first-order valence-electron chi connectivity index (χ1n) is 10.4. The Morgan fingerprint density at radius 3 is 2.73 bits per heavy atom. The van der Waals surface area contributed by atoms with E-state index in [0.717, 1.165) is 4.88 Å². The Morgan fingerprint density at radius 1 is 1.24 bits per heavy atom. The number of sulfone groups is 1. The molecule has 33 heavy (non-hydrogen) atoms. The first-order chi connectivity index (χ1) is 15.7. The van der Waals surface area contributed by atoms with E-state index in [9.17, 15) is 17.6 Å². The lowest BCUT2D eigenvalue weighted by molar-refractivity contribution is 0.102. The van der Waals surface area contributed by atoms with Gasteiger partial charge in [-0.2, -0.15) is 5.10 Å². The van der Waals surface area contributed by atoms with Gasteiger partial charge in [0.15, 0.2) is 15.5 Å². The van der Waals surface area contributed by atoms with Crippen LogP contribution in [0.1, 0.15) is 34.1 Å². The topological polar surface area (TPSA) is 93.9 Å². The monoisotopic (exact) mass is 484 g/mol. The van der Waals surface area contributed by atoms with Gasteiger partial charge in [0.2, 0.25) is 0 Å². The van der Waals surface area contributed by atoms with Crippen molar-refractivity contribution in [2.24, 2.45) is 0 Å². The van der Waals surface area contributed by atoms with E-state index in [1.54, 1.807) is 36.7 Å². The molecule has 5 rings (SSSR count). The Labute approximate surface area is 194 Å². The number of nitrogens with one attached hydrogen (secondary N) is 1. The minimum Gasteiger partial charge on any atom is -0.322 e. The number of pyridine rings is 1. The van der Waals surface area contributed by atoms with Gasteiger partial charge in [-0.1, -0.05) is 12.1 Å². The number of hydrogen-bond donors (Lipinski definition) is 1. The SMILES string of the molecule is Cc1ccc(NC(=O)c2cc(-c3cccs3)nc3c2c(C)nn3C2CCS(=O)(=O)C2)cc1F. The average Bonchev–Trinajstić information content (AvgIpc) is 3.49. The second-order valence-corrected chi connectivity index (χ2v) is 11.4. The summed E-state index contributed by atoms with van der Waals surface area (Å²) in [6.45, 7) is 3.43. The van der Waals surface area contributed by atoms with Crippen LogP contribution in [0.3, 0.4) is 0 Å². The smallest absolute Gasteiger partial charge is 0.256 e. The maximum atomic E-state index is 14.0. The van der Waals surface area contributed by atoms with Gasteiger partial charge >= 0.3 is 0 Å². The molecule has 0 saturated carbocycles. The number of hydrogen-bond acceptors (Lipinski definition) is 6. The van der Waals surface area contributed by atoms with Crippen LogP contribution in [0.25, 0.3) is 21.6 Å². The quantitative estimate of drug-likeness (QED) is 0.459. The predicted octanol–water partition coefficient (Wildman–Crippen LogP) is 4.53. The molecule has 1 N–H and O–H groups in total. The van der Waals surface area contributed by atoms with Gasteiger partial charge in [0, 0.05) is 5.69 Å². The van der Waals surface area contributed by atoms with E-state index in [-0.39, 0.29) is 17.5 Å². The molecule has 1 aliphatic heterocycles. The van der Waals surface area contributed by atoms with Crippen molar-refractivity contribution in [2.45, 2.75) is 26.3 Å². The van der Waals surface area contributed by atoms with Gasteiger partial charge in [-0.3, -0.25) is 4.79 Å². The number of carbonyl (C=O) groups excluding carboxylic acids is 1. The minimum absolute atomic E-state index is 0.00168. The third-order valence-electron chi connectivity index (χ3n) is 5.84. The zero-order chi connectivity index (χ0) is 23.3. The summed E-state index contributed by atoms with van der Waals surface area (Å²) in [6.07, 6.45) is 0.452. The highest BCUT2D eigenvalue weighted by molar-refractivity contribution is 7.91. The summed E-state index contributed by atoms with van der Waals surface area (Å²) in [4.78, 5) is 19.0. The summed E-state index contributed by atoms with van der Waals surface area (Å²) < 4.78 is 39.8. The largest absolute Gasteiger partial charge is 0.322 e. The predicted molar refractivity (Wildman–Crippen MR) is 127 cm³/mol. The van der Waals surface area contributed by atoms with Crippen LogP contribution in [0.15, 0.2) is 41.8 Å². The number of thiophene rings is 1. The summed E-state index contributed by atoms with van der Waals surface area (Å²) in [5, 5.41) is 9.84. The van der Waals surface area contributed by atoms with Crippen molar-refractivity contribution in [3.63, 3.8) is 0 Å². The van der Waals surface area contributed by atoms with Crippen LogP contribution >= 0.6 is 11.3 Å². The van der Waals surface area contributed by atoms with Crippen molar-refractivity contribution in [1.29, 1.82) is 0 Å². The van der Waals surface area contributed by atoms with E-state index < -0.39 is 21.6 Å². The molecule has 1 unspecified atom stereocenters. The lowest BCUT2D eigenvalue weighted by atomic mass is 10.1. The lowest BCUT2D eigenvalue weighted by Crippen LogP contribution is -2.15. The molecule has 3 aromatic heterocycles. The summed E-state index contributed by atoms with van der Waals surface area (Å²) in [5.41, 5.74) is 2.84. The number of halogens is 1. The van der Waals surface area contributed by atoms with E-state index in [2.05, 4.69) is 10.4 Å². The molecule has 7 nitrogen and oxygen atoms in total. The van der Waals surface area contributed by atoms with Crippen LogP contribution in [0.4, 0.5) is 10.1 Å². The first-order valence-corrected chi connectivity index (χ1v) is 13.1.